The second-order valence-corrected chi connectivity index (χ2v) is 5.90. The van der Waals surface area contributed by atoms with Crippen molar-refractivity contribution < 1.29 is 9.90 Å². The SMILES string of the molecule is O=C(O)c1ccc(C2CC3CCC2C3)s1. The predicted octanol–water partition coefficient (Wildman–Crippen LogP) is 3.35. The molecule has 2 aliphatic rings. The molecule has 15 heavy (non-hydrogen) atoms. The molecule has 0 saturated heterocycles. The van der Waals surface area contributed by atoms with E-state index in [0.29, 0.717) is 10.8 Å². The van der Waals surface area contributed by atoms with E-state index in [9.17, 15) is 4.79 Å². The third-order valence-electron chi connectivity index (χ3n) is 3.94. The maximum Gasteiger partial charge on any atom is 0.345 e. The number of thiophene rings is 1. The fourth-order valence-corrected chi connectivity index (χ4v) is 4.31. The molecule has 1 aromatic rings. The monoisotopic (exact) mass is 222 g/mol. The Balaban J connectivity index is 1.84. The minimum Gasteiger partial charge on any atom is -0.477 e. The molecule has 2 saturated carbocycles. The van der Waals surface area contributed by atoms with E-state index in [1.54, 1.807) is 6.07 Å². The van der Waals surface area contributed by atoms with Gasteiger partial charge in [-0.2, -0.15) is 0 Å². The van der Waals surface area contributed by atoms with Crippen LogP contribution in [0.5, 0.6) is 0 Å². The number of hydrogen-bond donors (Lipinski definition) is 1. The molecule has 1 aromatic heterocycles. The molecule has 2 aliphatic carbocycles. The molecule has 0 aliphatic heterocycles. The van der Waals surface area contributed by atoms with Gasteiger partial charge >= 0.3 is 5.97 Å². The second-order valence-electron chi connectivity index (χ2n) is 4.79. The molecule has 3 rings (SSSR count). The number of rotatable bonds is 2. The normalized spacial score (nSPS) is 33.5. The first-order valence-electron chi connectivity index (χ1n) is 5.57. The van der Waals surface area contributed by atoms with Crippen molar-refractivity contribution in [3.8, 4) is 0 Å². The zero-order valence-electron chi connectivity index (χ0n) is 8.48. The molecule has 0 radical (unpaired) electrons. The van der Waals surface area contributed by atoms with E-state index in [-0.39, 0.29) is 0 Å². The van der Waals surface area contributed by atoms with Crippen LogP contribution < -0.4 is 0 Å². The number of carboxylic acids is 1. The zero-order chi connectivity index (χ0) is 10.4. The summed E-state index contributed by atoms with van der Waals surface area (Å²) in [6, 6.07) is 3.79. The highest BCUT2D eigenvalue weighted by Gasteiger charge is 2.40. The van der Waals surface area contributed by atoms with Gasteiger partial charge in [-0.3, -0.25) is 0 Å². The van der Waals surface area contributed by atoms with Crippen molar-refractivity contribution >= 4 is 17.3 Å². The van der Waals surface area contributed by atoms with E-state index in [1.807, 2.05) is 6.07 Å². The fraction of sp³-hybridized carbons (Fsp3) is 0.583. The van der Waals surface area contributed by atoms with Gasteiger partial charge < -0.3 is 5.11 Å². The van der Waals surface area contributed by atoms with E-state index in [2.05, 4.69) is 0 Å². The van der Waals surface area contributed by atoms with Crippen molar-refractivity contribution in [3.63, 3.8) is 0 Å². The summed E-state index contributed by atoms with van der Waals surface area (Å²) in [6.07, 6.45) is 5.43. The van der Waals surface area contributed by atoms with Gasteiger partial charge in [0.1, 0.15) is 4.88 Å². The molecule has 2 bridgehead atoms. The van der Waals surface area contributed by atoms with Gasteiger partial charge in [0.15, 0.2) is 0 Å². The number of hydrogen-bond acceptors (Lipinski definition) is 2. The van der Waals surface area contributed by atoms with Crippen LogP contribution in [0.15, 0.2) is 12.1 Å². The van der Waals surface area contributed by atoms with E-state index < -0.39 is 5.97 Å². The Morgan fingerprint density at radius 2 is 2.20 bits per heavy atom. The van der Waals surface area contributed by atoms with Crippen molar-refractivity contribution in [1.82, 2.24) is 0 Å². The van der Waals surface area contributed by atoms with Crippen LogP contribution in [-0.2, 0) is 0 Å². The summed E-state index contributed by atoms with van der Waals surface area (Å²) in [5, 5.41) is 8.88. The van der Waals surface area contributed by atoms with Crippen LogP contribution in [0.4, 0.5) is 0 Å². The highest BCUT2D eigenvalue weighted by Crippen LogP contribution is 2.53. The quantitative estimate of drug-likeness (QED) is 0.833. The van der Waals surface area contributed by atoms with E-state index in [4.69, 9.17) is 5.11 Å². The van der Waals surface area contributed by atoms with Crippen LogP contribution in [0.1, 0.15) is 46.2 Å². The molecule has 2 nitrogen and oxygen atoms in total. The van der Waals surface area contributed by atoms with Gasteiger partial charge in [0.25, 0.3) is 0 Å². The van der Waals surface area contributed by atoms with Crippen molar-refractivity contribution in [3.05, 3.63) is 21.9 Å². The molecule has 3 heteroatoms. The van der Waals surface area contributed by atoms with Crippen molar-refractivity contribution in [1.29, 1.82) is 0 Å². The highest BCUT2D eigenvalue weighted by atomic mass is 32.1. The van der Waals surface area contributed by atoms with Crippen LogP contribution in [0.3, 0.4) is 0 Å². The smallest absolute Gasteiger partial charge is 0.345 e. The molecule has 1 N–H and O–H groups in total. The minimum atomic E-state index is -0.783. The van der Waals surface area contributed by atoms with Crippen LogP contribution >= 0.6 is 11.3 Å². The van der Waals surface area contributed by atoms with Gasteiger partial charge in [-0.05, 0) is 49.1 Å². The number of carboxylic acid groups (broad SMARTS) is 1. The molecule has 3 atom stereocenters. The lowest BCUT2D eigenvalue weighted by molar-refractivity contribution is 0.0702. The minimum absolute atomic E-state index is 0.493. The Kier molecular flexibility index (Phi) is 2.09. The van der Waals surface area contributed by atoms with E-state index >= 15 is 0 Å². The van der Waals surface area contributed by atoms with Crippen LogP contribution in [0.25, 0.3) is 0 Å². The van der Waals surface area contributed by atoms with Gasteiger partial charge in [0.2, 0.25) is 0 Å². The maximum absolute atomic E-state index is 10.8. The summed E-state index contributed by atoms with van der Waals surface area (Å²) < 4.78 is 0. The van der Waals surface area contributed by atoms with Crippen LogP contribution in [-0.4, -0.2) is 11.1 Å². The van der Waals surface area contributed by atoms with Crippen molar-refractivity contribution in [2.75, 3.05) is 0 Å². The highest BCUT2D eigenvalue weighted by molar-refractivity contribution is 7.14. The molecule has 0 aromatic carbocycles. The molecule has 80 valence electrons. The topological polar surface area (TPSA) is 37.3 Å². The summed E-state index contributed by atoms with van der Waals surface area (Å²) in [5.74, 6) is 1.65. The molecular formula is C12H14O2S. The van der Waals surface area contributed by atoms with E-state index in [0.717, 1.165) is 11.8 Å². The summed E-state index contributed by atoms with van der Waals surface area (Å²) in [7, 11) is 0. The first-order chi connectivity index (χ1) is 7.24. The molecule has 0 amide bonds. The van der Waals surface area contributed by atoms with Crippen LogP contribution in [0.2, 0.25) is 0 Å². The lowest BCUT2D eigenvalue weighted by Crippen LogP contribution is -2.06. The van der Waals surface area contributed by atoms with Gasteiger partial charge in [0.05, 0.1) is 0 Å². The van der Waals surface area contributed by atoms with Gasteiger partial charge in [0, 0.05) is 4.88 Å². The molecule has 1 heterocycles. The lowest BCUT2D eigenvalue weighted by atomic mass is 9.88. The van der Waals surface area contributed by atoms with Gasteiger partial charge in [-0.25, -0.2) is 4.79 Å². The summed E-state index contributed by atoms with van der Waals surface area (Å²) in [6.45, 7) is 0. The molecule has 2 fully saturated rings. The first-order valence-corrected chi connectivity index (χ1v) is 6.38. The number of carbonyl (C=O) groups is 1. The van der Waals surface area contributed by atoms with Crippen LogP contribution in [0, 0.1) is 11.8 Å². The molecule has 3 unspecified atom stereocenters. The summed E-state index contributed by atoms with van der Waals surface area (Å²) >= 11 is 1.48. The second kappa shape index (κ2) is 3.34. The largest absolute Gasteiger partial charge is 0.477 e. The number of aromatic carboxylic acids is 1. The Labute approximate surface area is 92.9 Å². The van der Waals surface area contributed by atoms with Crippen molar-refractivity contribution in [2.24, 2.45) is 11.8 Å². The van der Waals surface area contributed by atoms with Gasteiger partial charge in [-0.1, -0.05) is 6.42 Å². The Hall–Kier alpha value is -0.830. The Morgan fingerprint density at radius 1 is 1.33 bits per heavy atom. The Bertz CT molecular complexity index is 396. The summed E-state index contributed by atoms with van der Waals surface area (Å²) in [4.78, 5) is 12.6. The third kappa shape index (κ3) is 1.49. The average molecular weight is 222 g/mol. The predicted molar refractivity (Wildman–Crippen MR) is 59.5 cm³/mol. The average Bonchev–Trinajstić information content (AvgIpc) is 2.93. The Morgan fingerprint density at radius 3 is 2.73 bits per heavy atom. The zero-order valence-corrected chi connectivity index (χ0v) is 9.30. The number of fused-ring (bicyclic) bond motifs is 2. The lowest BCUT2D eigenvalue weighted by Gasteiger charge is -2.19. The summed E-state index contributed by atoms with van der Waals surface area (Å²) in [5.41, 5.74) is 0. The maximum atomic E-state index is 10.8. The fourth-order valence-electron chi connectivity index (χ4n) is 3.26. The van der Waals surface area contributed by atoms with Crippen molar-refractivity contribution in [2.45, 2.75) is 31.6 Å². The molecular weight excluding hydrogens is 208 g/mol. The van der Waals surface area contributed by atoms with E-state index in [1.165, 1.54) is 41.9 Å². The van der Waals surface area contributed by atoms with Gasteiger partial charge in [-0.15, -0.1) is 11.3 Å². The first kappa shape index (κ1) is 9.40. The molecule has 0 spiro atoms. The standard InChI is InChI=1S/C12H14O2S/c13-12(14)11-4-3-10(15-11)9-6-7-1-2-8(9)5-7/h3-4,7-9H,1-2,5-6H2,(H,13,14). The third-order valence-corrected chi connectivity index (χ3v) is 5.15.